The molecule has 1 N–H and O–H groups in total. The van der Waals surface area contributed by atoms with Gasteiger partial charge in [0.1, 0.15) is 11.5 Å². The molecule has 0 amide bonds. The zero-order valence-electron chi connectivity index (χ0n) is 14.0. The summed E-state index contributed by atoms with van der Waals surface area (Å²) in [5, 5.41) is 0.592. The number of hydrogen-bond donors (Lipinski definition) is 1. The monoisotopic (exact) mass is 354 g/mol. The highest BCUT2D eigenvalue weighted by Gasteiger charge is 2.06. The van der Waals surface area contributed by atoms with Gasteiger partial charge in [0.05, 0.1) is 19.9 Å². The van der Waals surface area contributed by atoms with Gasteiger partial charge in [-0.3, -0.25) is 4.79 Å². The van der Waals surface area contributed by atoms with Crippen molar-refractivity contribution in [2.24, 2.45) is 0 Å². The van der Waals surface area contributed by atoms with Gasteiger partial charge in [-0.2, -0.15) is 0 Å². The average molecular weight is 354 g/mol. The van der Waals surface area contributed by atoms with Crippen LogP contribution in [0.4, 0.5) is 0 Å². The Morgan fingerprint density at radius 2 is 1.56 bits per heavy atom. The van der Waals surface area contributed by atoms with Crippen molar-refractivity contribution >= 4 is 11.8 Å². The van der Waals surface area contributed by atoms with Crippen LogP contribution in [0.15, 0.2) is 64.5 Å². The molecule has 5 nitrogen and oxygen atoms in total. The summed E-state index contributed by atoms with van der Waals surface area (Å²) in [6.45, 7) is 0. The second kappa shape index (κ2) is 7.90. The minimum atomic E-state index is -0.168. The second-order valence-electron chi connectivity index (χ2n) is 5.30. The molecule has 0 atom stereocenters. The van der Waals surface area contributed by atoms with E-state index in [1.54, 1.807) is 14.2 Å². The van der Waals surface area contributed by atoms with Crippen molar-refractivity contribution in [2.45, 2.75) is 10.9 Å². The number of rotatable bonds is 6. The van der Waals surface area contributed by atoms with Crippen LogP contribution in [-0.4, -0.2) is 24.2 Å². The van der Waals surface area contributed by atoms with E-state index < -0.39 is 0 Å². The lowest BCUT2D eigenvalue weighted by Crippen LogP contribution is -2.08. The molecule has 0 unspecified atom stereocenters. The Morgan fingerprint density at radius 1 is 0.960 bits per heavy atom. The third kappa shape index (κ3) is 4.42. The fourth-order valence-corrected chi connectivity index (χ4v) is 3.12. The van der Waals surface area contributed by atoms with Crippen molar-refractivity contribution in [3.8, 4) is 22.8 Å². The van der Waals surface area contributed by atoms with E-state index in [-0.39, 0.29) is 5.56 Å². The number of nitrogens with one attached hydrogen (secondary N) is 1. The minimum Gasteiger partial charge on any atom is -0.497 e. The normalized spacial score (nSPS) is 10.5. The van der Waals surface area contributed by atoms with Crippen molar-refractivity contribution in [1.82, 2.24) is 9.97 Å². The largest absolute Gasteiger partial charge is 0.497 e. The third-order valence-electron chi connectivity index (χ3n) is 3.64. The molecule has 0 saturated carbocycles. The highest BCUT2D eigenvalue weighted by molar-refractivity contribution is 7.98. The van der Waals surface area contributed by atoms with E-state index in [2.05, 4.69) is 9.97 Å². The average Bonchev–Trinajstić information content (AvgIpc) is 2.66. The fraction of sp³-hybridized carbons (Fsp3) is 0.158. The summed E-state index contributed by atoms with van der Waals surface area (Å²) in [7, 11) is 3.26. The van der Waals surface area contributed by atoms with Gasteiger partial charge in [-0.05, 0) is 42.0 Å². The summed E-state index contributed by atoms with van der Waals surface area (Å²) in [5.74, 6) is 2.29. The fourth-order valence-electron chi connectivity index (χ4n) is 2.29. The number of H-pyrrole nitrogens is 1. The van der Waals surface area contributed by atoms with Crippen LogP contribution >= 0.6 is 11.8 Å². The van der Waals surface area contributed by atoms with Crippen LogP contribution in [0, 0.1) is 0 Å². The molecule has 0 saturated heterocycles. The van der Waals surface area contributed by atoms with Crippen molar-refractivity contribution in [1.29, 1.82) is 0 Å². The third-order valence-corrected chi connectivity index (χ3v) is 4.58. The molecule has 3 rings (SSSR count). The maximum Gasteiger partial charge on any atom is 0.252 e. The standard InChI is InChI=1S/C19H18N2O3S/c1-23-15-7-3-13(4-8-15)12-25-19-20-17(11-18(22)21-19)14-5-9-16(24-2)10-6-14/h3-11H,12H2,1-2H3,(H,20,21,22). The predicted molar refractivity (Wildman–Crippen MR) is 99.4 cm³/mol. The van der Waals surface area contributed by atoms with Gasteiger partial charge in [-0.15, -0.1) is 0 Å². The quantitative estimate of drug-likeness (QED) is 0.539. The van der Waals surface area contributed by atoms with Gasteiger partial charge in [0, 0.05) is 17.4 Å². The molecule has 0 fully saturated rings. The molecule has 1 heterocycles. The Kier molecular flexibility index (Phi) is 5.40. The second-order valence-corrected chi connectivity index (χ2v) is 6.27. The molecule has 0 bridgehead atoms. The first-order valence-corrected chi connectivity index (χ1v) is 8.68. The Labute approximate surface area is 150 Å². The Hall–Kier alpha value is -2.73. The van der Waals surface area contributed by atoms with E-state index in [1.165, 1.54) is 17.8 Å². The molecule has 1 aromatic heterocycles. The smallest absolute Gasteiger partial charge is 0.252 e. The van der Waals surface area contributed by atoms with Gasteiger partial charge in [-0.1, -0.05) is 23.9 Å². The zero-order chi connectivity index (χ0) is 17.6. The number of nitrogens with zero attached hydrogens (tertiary/aromatic N) is 1. The molecule has 128 valence electrons. The molecule has 6 heteroatoms. The van der Waals surface area contributed by atoms with Gasteiger partial charge in [0.15, 0.2) is 5.16 Å². The molecular weight excluding hydrogens is 336 g/mol. The maximum absolute atomic E-state index is 12.0. The van der Waals surface area contributed by atoms with Crippen molar-refractivity contribution in [2.75, 3.05) is 14.2 Å². The number of methoxy groups -OCH3 is 2. The van der Waals surface area contributed by atoms with E-state index in [9.17, 15) is 4.79 Å². The lowest BCUT2D eigenvalue weighted by Gasteiger charge is -2.06. The summed E-state index contributed by atoms with van der Waals surface area (Å²) < 4.78 is 10.3. The van der Waals surface area contributed by atoms with Crippen LogP contribution in [0.1, 0.15) is 5.56 Å². The summed E-state index contributed by atoms with van der Waals surface area (Å²) in [6.07, 6.45) is 0. The van der Waals surface area contributed by atoms with Gasteiger partial charge < -0.3 is 14.5 Å². The van der Waals surface area contributed by atoms with Crippen LogP contribution in [-0.2, 0) is 5.75 Å². The van der Waals surface area contributed by atoms with Crippen molar-refractivity contribution in [3.05, 3.63) is 70.5 Å². The predicted octanol–water partition coefficient (Wildman–Crippen LogP) is 3.75. The first kappa shape index (κ1) is 17.1. The highest BCUT2D eigenvalue weighted by Crippen LogP contribution is 2.24. The summed E-state index contributed by atoms with van der Waals surface area (Å²) in [5.41, 5.74) is 2.48. The molecular formula is C19H18N2O3S. The van der Waals surface area contributed by atoms with E-state index >= 15 is 0 Å². The first-order valence-electron chi connectivity index (χ1n) is 7.69. The topological polar surface area (TPSA) is 64.2 Å². The van der Waals surface area contributed by atoms with E-state index in [4.69, 9.17) is 9.47 Å². The number of aromatic nitrogens is 2. The lowest BCUT2D eigenvalue weighted by molar-refractivity contribution is 0.414. The van der Waals surface area contributed by atoms with Crippen molar-refractivity contribution in [3.63, 3.8) is 0 Å². The molecule has 0 spiro atoms. The molecule has 0 radical (unpaired) electrons. The van der Waals surface area contributed by atoms with Crippen molar-refractivity contribution < 1.29 is 9.47 Å². The van der Waals surface area contributed by atoms with Gasteiger partial charge in [0.2, 0.25) is 0 Å². The van der Waals surface area contributed by atoms with Crippen LogP contribution in [0.25, 0.3) is 11.3 Å². The van der Waals surface area contributed by atoms with E-state index in [1.807, 2.05) is 48.5 Å². The molecule has 0 aliphatic heterocycles. The van der Waals surface area contributed by atoms with Gasteiger partial charge in [-0.25, -0.2) is 4.98 Å². The van der Waals surface area contributed by atoms with Crippen LogP contribution in [0.2, 0.25) is 0 Å². The van der Waals surface area contributed by atoms with E-state index in [0.29, 0.717) is 16.6 Å². The summed E-state index contributed by atoms with van der Waals surface area (Å²) in [4.78, 5) is 19.3. The summed E-state index contributed by atoms with van der Waals surface area (Å²) in [6, 6.07) is 16.8. The first-order chi connectivity index (χ1) is 12.2. The number of ether oxygens (including phenoxy) is 2. The van der Waals surface area contributed by atoms with Gasteiger partial charge in [0.25, 0.3) is 5.56 Å². The minimum absolute atomic E-state index is 0.168. The SMILES string of the molecule is COc1ccc(CSc2nc(-c3ccc(OC)cc3)cc(=O)[nH]2)cc1. The van der Waals surface area contributed by atoms with Gasteiger partial charge >= 0.3 is 0 Å². The maximum atomic E-state index is 12.0. The molecule has 25 heavy (non-hydrogen) atoms. The summed E-state index contributed by atoms with van der Waals surface area (Å²) >= 11 is 1.49. The van der Waals surface area contributed by atoms with E-state index in [0.717, 1.165) is 22.6 Å². The number of benzene rings is 2. The van der Waals surface area contributed by atoms with Crippen LogP contribution in [0.5, 0.6) is 11.5 Å². The van der Waals surface area contributed by atoms with Crippen LogP contribution in [0.3, 0.4) is 0 Å². The zero-order valence-corrected chi connectivity index (χ0v) is 14.8. The molecule has 0 aliphatic rings. The highest BCUT2D eigenvalue weighted by atomic mass is 32.2. The number of thioether (sulfide) groups is 1. The van der Waals surface area contributed by atoms with Crippen LogP contribution < -0.4 is 15.0 Å². The Bertz CT molecular complexity index is 890. The molecule has 0 aliphatic carbocycles. The number of hydrogen-bond acceptors (Lipinski definition) is 5. The molecule has 2 aromatic carbocycles. The Balaban J connectivity index is 1.77. The number of aromatic amines is 1. The Morgan fingerprint density at radius 3 is 2.16 bits per heavy atom. The lowest BCUT2D eigenvalue weighted by atomic mass is 10.1. The molecule has 3 aromatic rings.